The molecule has 0 aliphatic carbocycles. The third kappa shape index (κ3) is 3.27. The van der Waals surface area contributed by atoms with E-state index in [0.717, 1.165) is 32.4 Å². The van der Waals surface area contributed by atoms with Crippen molar-refractivity contribution in [3.05, 3.63) is 57.1 Å². The van der Waals surface area contributed by atoms with Crippen LogP contribution in [0.25, 0.3) is 27.8 Å². The zero-order valence-corrected chi connectivity index (χ0v) is 18.7. The number of hydrogen-bond acceptors (Lipinski definition) is 6. The molecule has 0 spiro atoms. The highest BCUT2D eigenvalue weighted by Gasteiger charge is 2.19. The molecular weight excluding hydrogens is 408 g/mol. The lowest BCUT2D eigenvalue weighted by molar-refractivity contribution is 0.418. The molecule has 8 heteroatoms. The number of aromatic amines is 1. The lowest BCUT2D eigenvalue weighted by atomic mass is 10.1. The van der Waals surface area contributed by atoms with Gasteiger partial charge in [0.2, 0.25) is 0 Å². The predicted octanol–water partition coefficient (Wildman–Crippen LogP) is 4.99. The van der Waals surface area contributed by atoms with E-state index in [1.54, 1.807) is 30.7 Å². The molecule has 154 valence electrons. The van der Waals surface area contributed by atoms with Gasteiger partial charge in [-0.3, -0.25) is 0 Å². The number of H-pyrrole nitrogens is 1. The maximum atomic E-state index is 9.82. The Morgan fingerprint density at radius 2 is 2.03 bits per heavy atom. The van der Waals surface area contributed by atoms with Gasteiger partial charge in [-0.25, -0.2) is 9.97 Å². The monoisotopic (exact) mass is 428 g/mol. The average Bonchev–Trinajstić information content (AvgIpc) is 3.39. The molecule has 0 aliphatic rings. The fraction of sp³-hybridized carbons (Fsp3) is 0.217. The minimum atomic E-state index is 0.388. The van der Waals surface area contributed by atoms with Crippen LogP contribution in [0.1, 0.15) is 38.8 Å². The first-order valence-corrected chi connectivity index (χ1v) is 10.4. The number of rotatable bonds is 4. The molecule has 0 unspecified atom stereocenters. The summed E-state index contributed by atoms with van der Waals surface area (Å²) < 4.78 is 7.43. The molecule has 4 rings (SSSR count). The van der Waals surface area contributed by atoms with Crippen LogP contribution in [-0.2, 0) is 0 Å². The van der Waals surface area contributed by atoms with E-state index >= 15 is 0 Å². The van der Waals surface area contributed by atoms with Crippen LogP contribution in [0.15, 0.2) is 18.3 Å². The number of ether oxygens (including phenoxy) is 1. The molecule has 7 nitrogen and oxygen atoms in total. The summed E-state index contributed by atoms with van der Waals surface area (Å²) in [5.74, 6) is 1.05. The Hall–Kier alpha value is -3.88. The number of fused-ring (bicyclic) bond motifs is 1. The molecule has 0 saturated heterocycles. The first-order valence-electron chi connectivity index (χ1n) is 9.59. The molecule has 4 aromatic rings. The van der Waals surface area contributed by atoms with Crippen LogP contribution in [-0.4, -0.2) is 26.6 Å². The van der Waals surface area contributed by atoms with E-state index < -0.39 is 0 Å². The highest BCUT2D eigenvalue weighted by molar-refractivity contribution is 7.14. The number of pyridine rings is 1. The molecule has 0 saturated carbocycles. The smallest absolute Gasteiger partial charge is 0.181 e. The number of hydrogen-bond donors (Lipinski definition) is 1. The second-order valence-corrected chi connectivity index (χ2v) is 8.41. The standard InChI is InChI=1S/C23H20N6OS/c1-12-8-16(14(3)29(12)23-18(11-25)13(2)15(4)31-23)9-17(10-24)21-27-20-19(30-5)6-7-26-22(20)28-21/h6-9H,1-5H3,(H,26,27,28)/b17-9+. The lowest BCUT2D eigenvalue weighted by Crippen LogP contribution is -1.99. The maximum absolute atomic E-state index is 9.82. The predicted molar refractivity (Wildman–Crippen MR) is 121 cm³/mol. The van der Waals surface area contributed by atoms with Crippen molar-refractivity contribution < 1.29 is 4.74 Å². The zero-order chi connectivity index (χ0) is 22.3. The second-order valence-electron chi connectivity index (χ2n) is 7.20. The van der Waals surface area contributed by atoms with Gasteiger partial charge in [-0.05, 0) is 51.0 Å². The van der Waals surface area contributed by atoms with Crippen LogP contribution < -0.4 is 4.74 Å². The van der Waals surface area contributed by atoms with Crippen molar-refractivity contribution in [2.45, 2.75) is 27.7 Å². The molecule has 31 heavy (non-hydrogen) atoms. The molecule has 1 N–H and O–H groups in total. The highest BCUT2D eigenvalue weighted by atomic mass is 32.1. The van der Waals surface area contributed by atoms with Gasteiger partial charge in [-0.1, -0.05) is 0 Å². The third-order valence-corrected chi connectivity index (χ3v) is 6.59. The molecule has 4 aromatic heterocycles. The van der Waals surface area contributed by atoms with Crippen LogP contribution in [0.2, 0.25) is 0 Å². The first kappa shape index (κ1) is 20.4. The van der Waals surface area contributed by atoms with E-state index in [0.29, 0.717) is 33.9 Å². The van der Waals surface area contributed by atoms with Gasteiger partial charge in [0, 0.05) is 28.5 Å². The summed E-state index contributed by atoms with van der Waals surface area (Å²) in [6, 6.07) is 8.33. The fourth-order valence-corrected chi connectivity index (χ4v) is 4.86. The Bertz CT molecular complexity index is 1440. The molecular formula is C23H20N6OS. The minimum absolute atomic E-state index is 0.388. The number of nitrogens with one attached hydrogen (secondary N) is 1. The first-order chi connectivity index (χ1) is 14.9. The number of allylic oxidation sites excluding steroid dienone is 1. The molecule has 0 aromatic carbocycles. The van der Waals surface area contributed by atoms with Crippen LogP contribution in [0.4, 0.5) is 0 Å². The van der Waals surface area contributed by atoms with Crippen LogP contribution in [0.3, 0.4) is 0 Å². The van der Waals surface area contributed by atoms with E-state index in [1.807, 2.05) is 39.8 Å². The SMILES string of the molecule is COc1ccnc2nc(/C(C#N)=C/c3cc(C)n(-c4sc(C)c(C)c4C#N)c3C)[nH]c12. The molecule has 0 atom stereocenters. The quantitative estimate of drug-likeness (QED) is 0.461. The molecule has 0 aliphatic heterocycles. The van der Waals surface area contributed by atoms with Gasteiger partial charge in [-0.2, -0.15) is 10.5 Å². The Labute approximate surface area is 183 Å². The number of thiophene rings is 1. The Morgan fingerprint density at radius 3 is 2.71 bits per heavy atom. The van der Waals surface area contributed by atoms with Crippen molar-refractivity contribution in [1.82, 2.24) is 19.5 Å². The van der Waals surface area contributed by atoms with E-state index in [2.05, 4.69) is 31.7 Å². The van der Waals surface area contributed by atoms with Gasteiger partial charge in [0.15, 0.2) is 11.5 Å². The van der Waals surface area contributed by atoms with Crippen molar-refractivity contribution in [3.63, 3.8) is 0 Å². The third-order valence-electron chi connectivity index (χ3n) is 5.40. The number of nitriles is 2. The van der Waals surface area contributed by atoms with E-state index in [9.17, 15) is 10.5 Å². The molecule has 0 radical (unpaired) electrons. The Morgan fingerprint density at radius 1 is 1.26 bits per heavy atom. The number of aromatic nitrogens is 4. The van der Waals surface area contributed by atoms with Crippen molar-refractivity contribution in [2.75, 3.05) is 7.11 Å². The number of imidazole rings is 1. The summed E-state index contributed by atoms with van der Waals surface area (Å²) >= 11 is 1.60. The highest BCUT2D eigenvalue weighted by Crippen LogP contribution is 2.34. The average molecular weight is 429 g/mol. The Balaban J connectivity index is 1.84. The van der Waals surface area contributed by atoms with E-state index in [1.165, 1.54) is 0 Å². The molecule has 0 fully saturated rings. The van der Waals surface area contributed by atoms with Crippen LogP contribution in [0, 0.1) is 50.4 Å². The van der Waals surface area contributed by atoms with Gasteiger partial charge >= 0.3 is 0 Å². The van der Waals surface area contributed by atoms with Crippen molar-refractivity contribution in [1.29, 1.82) is 10.5 Å². The molecule has 0 amide bonds. The topological polar surface area (TPSA) is 103 Å². The van der Waals surface area contributed by atoms with Crippen molar-refractivity contribution >= 4 is 34.1 Å². The van der Waals surface area contributed by atoms with Gasteiger partial charge in [0.05, 0.1) is 18.2 Å². The van der Waals surface area contributed by atoms with Crippen LogP contribution in [0.5, 0.6) is 5.75 Å². The molecule has 4 heterocycles. The fourth-order valence-electron chi connectivity index (χ4n) is 3.64. The summed E-state index contributed by atoms with van der Waals surface area (Å²) in [6.45, 7) is 7.98. The normalized spacial score (nSPS) is 11.5. The van der Waals surface area contributed by atoms with Crippen molar-refractivity contribution in [2.24, 2.45) is 0 Å². The summed E-state index contributed by atoms with van der Waals surface area (Å²) in [4.78, 5) is 13.0. The second kappa shape index (κ2) is 7.75. The lowest BCUT2D eigenvalue weighted by Gasteiger charge is -2.07. The summed E-state index contributed by atoms with van der Waals surface area (Å²) in [7, 11) is 1.58. The Kier molecular flexibility index (Phi) is 5.10. The number of aryl methyl sites for hydroxylation is 2. The largest absolute Gasteiger partial charge is 0.494 e. The van der Waals surface area contributed by atoms with E-state index in [4.69, 9.17) is 4.74 Å². The summed E-state index contributed by atoms with van der Waals surface area (Å²) in [5.41, 5.74) is 6.06. The number of nitrogens with zero attached hydrogens (tertiary/aromatic N) is 5. The van der Waals surface area contributed by atoms with Crippen LogP contribution >= 0.6 is 11.3 Å². The van der Waals surface area contributed by atoms with Crippen molar-refractivity contribution in [3.8, 4) is 22.9 Å². The van der Waals surface area contributed by atoms with Gasteiger partial charge in [0.25, 0.3) is 0 Å². The van der Waals surface area contributed by atoms with Gasteiger partial charge in [0.1, 0.15) is 28.4 Å². The minimum Gasteiger partial charge on any atom is -0.494 e. The molecule has 0 bridgehead atoms. The zero-order valence-electron chi connectivity index (χ0n) is 17.9. The summed E-state index contributed by atoms with van der Waals surface area (Å²) in [6.07, 6.45) is 3.43. The van der Waals surface area contributed by atoms with Gasteiger partial charge < -0.3 is 14.3 Å². The number of methoxy groups -OCH3 is 1. The summed E-state index contributed by atoms with van der Waals surface area (Å²) in [5, 5.41) is 20.4. The van der Waals surface area contributed by atoms with E-state index in [-0.39, 0.29) is 0 Å². The van der Waals surface area contributed by atoms with Gasteiger partial charge in [-0.15, -0.1) is 11.3 Å². The maximum Gasteiger partial charge on any atom is 0.181 e.